The number of nitrogens with zero attached hydrogens (tertiary/aromatic N) is 3. The molecule has 2 aromatic heterocycles. The van der Waals surface area contributed by atoms with E-state index in [0.29, 0.717) is 0 Å². The van der Waals surface area contributed by atoms with E-state index in [1.165, 1.54) is 5.69 Å². The number of hydrogen-bond donors (Lipinski definition) is 0. The Morgan fingerprint density at radius 2 is 2.00 bits per heavy atom. The molecule has 1 fully saturated rings. The summed E-state index contributed by atoms with van der Waals surface area (Å²) in [5.41, 5.74) is 2.35. The lowest BCUT2D eigenvalue weighted by Gasteiger charge is -2.28. The van der Waals surface area contributed by atoms with E-state index in [4.69, 9.17) is 4.74 Å². The summed E-state index contributed by atoms with van der Waals surface area (Å²) in [6.45, 7) is 3.56. The molecular weight excluding hydrogens is 190 g/mol. The zero-order valence-electron chi connectivity index (χ0n) is 8.47. The van der Waals surface area contributed by atoms with Crippen molar-refractivity contribution in [1.82, 2.24) is 9.61 Å². The number of hydrogen-bond acceptors (Lipinski definition) is 3. The van der Waals surface area contributed by atoms with Crippen molar-refractivity contribution in [3.05, 3.63) is 30.6 Å². The summed E-state index contributed by atoms with van der Waals surface area (Å²) >= 11 is 0. The SMILES string of the molecule is c1cc2ccc(N3CCOCC3)cn2n1. The molecule has 0 N–H and O–H groups in total. The fraction of sp³-hybridized carbons (Fsp3) is 0.364. The van der Waals surface area contributed by atoms with Gasteiger partial charge in [-0.3, -0.25) is 0 Å². The zero-order valence-corrected chi connectivity index (χ0v) is 8.47. The molecule has 4 nitrogen and oxygen atoms in total. The lowest BCUT2D eigenvalue weighted by molar-refractivity contribution is 0.122. The van der Waals surface area contributed by atoms with Crippen LogP contribution in [0.3, 0.4) is 0 Å². The van der Waals surface area contributed by atoms with Crippen molar-refractivity contribution in [1.29, 1.82) is 0 Å². The van der Waals surface area contributed by atoms with Gasteiger partial charge in [0, 0.05) is 19.3 Å². The fourth-order valence-electron chi connectivity index (χ4n) is 1.91. The predicted octanol–water partition coefficient (Wildman–Crippen LogP) is 1.17. The third-order valence-electron chi connectivity index (χ3n) is 2.76. The molecule has 0 unspecified atom stereocenters. The number of pyridine rings is 1. The number of rotatable bonds is 1. The van der Waals surface area contributed by atoms with Crippen LogP contribution >= 0.6 is 0 Å². The smallest absolute Gasteiger partial charge is 0.0663 e. The number of ether oxygens (including phenoxy) is 1. The van der Waals surface area contributed by atoms with Crippen molar-refractivity contribution < 1.29 is 4.74 Å². The number of aromatic nitrogens is 2. The van der Waals surface area contributed by atoms with Gasteiger partial charge in [-0.15, -0.1) is 0 Å². The monoisotopic (exact) mass is 203 g/mol. The Labute approximate surface area is 88.1 Å². The molecule has 0 aliphatic carbocycles. The minimum atomic E-state index is 0.817. The molecule has 3 rings (SSSR count). The third kappa shape index (κ3) is 1.57. The van der Waals surface area contributed by atoms with Gasteiger partial charge >= 0.3 is 0 Å². The van der Waals surface area contributed by atoms with E-state index in [1.54, 1.807) is 0 Å². The molecule has 0 radical (unpaired) electrons. The highest BCUT2D eigenvalue weighted by molar-refractivity contribution is 5.54. The van der Waals surface area contributed by atoms with E-state index < -0.39 is 0 Å². The van der Waals surface area contributed by atoms with Gasteiger partial charge in [0.25, 0.3) is 0 Å². The summed E-state index contributed by atoms with van der Waals surface area (Å²) in [6, 6.07) is 6.24. The van der Waals surface area contributed by atoms with Gasteiger partial charge in [0.15, 0.2) is 0 Å². The first-order valence-corrected chi connectivity index (χ1v) is 5.19. The van der Waals surface area contributed by atoms with E-state index in [2.05, 4.69) is 28.3 Å². The molecule has 0 bridgehead atoms. The topological polar surface area (TPSA) is 29.8 Å². The summed E-state index contributed by atoms with van der Waals surface area (Å²) in [5.74, 6) is 0. The van der Waals surface area contributed by atoms with Gasteiger partial charge in [-0.1, -0.05) is 0 Å². The third-order valence-corrected chi connectivity index (χ3v) is 2.76. The first kappa shape index (κ1) is 8.73. The highest BCUT2D eigenvalue weighted by Crippen LogP contribution is 2.16. The first-order valence-electron chi connectivity index (χ1n) is 5.19. The quantitative estimate of drug-likeness (QED) is 0.697. The molecule has 15 heavy (non-hydrogen) atoms. The van der Waals surface area contributed by atoms with Crippen LogP contribution in [0.1, 0.15) is 0 Å². The predicted molar refractivity (Wildman–Crippen MR) is 58.2 cm³/mol. The van der Waals surface area contributed by atoms with Crippen molar-refractivity contribution in [2.75, 3.05) is 31.2 Å². The second kappa shape index (κ2) is 3.55. The summed E-state index contributed by atoms with van der Waals surface area (Å²) < 4.78 is 7.24. The average Bonchev–Trinajstić information content (AvgIpc) is 2.77. The van der Waals surface area contributed by atoms with Crippen molar-refractivity contribution in [2.45, 2.75) is 0 Å². The van der Waals surface area contributed by atoms with Crippen molar-refractivity contribution in [3.8, 4) is 0 Å². The lowest BCUT2D eigenvalue weighted by Crippen LogP contribution is -2.36. The molecular formula is C11H13N3O. The van der Waals surface area contributed by atoms with Crippen LogP contribution in [0.4, 0.5) is 5.69 Å². The second-order valence-corrected chi connectivity index (χ2v) is 3.69. The van der Waals surface area contributed by atoms with Crippen LogP contribution in [0.15, 0.2) is 30.6 Å². The van der Waals surface area contributed by atoms with Crippen LogP contribution < -0.4 is 4.90 Å². The molecule has 0 aromatic carbocycles. The number of anilines is 1. The van der Waals surface area contributed by atoms with Crippen LogP contribution in [-0.2, 0) is 4.74 Å². The highest BCUT2D eigenvalue weighted by atomic mass is 16.5. The molecule has 78 valence electrons. The van der Waals surface area contributed by atoms with Crippen LogP contribution in [0, 0.1) is 0 Å². The number of morpholine rings is 1. The average molecular weight is 203 g/mol. The molecule has 1 saturated heterocycles. The van der Waals surface area contributed by atoms with Crippen molar-refractivity contribution in [2.24, 2.45) is 0 Å². The summed E-state index contributed by atoms with van der Waals surface area (Å²) in [6.07, 6.45) is 3.89. The van der Waals surface area contributed by atoms with Gasteiger partial charge in [-0.05, 0) is 18.2 Å². The van der Waals surface area contributed by atoms with E-state index in [9.17, 15) is 0 Å². The minimum Gasteiger partial charge on any atom is -0.378 e. The minimum absolute atomic E-state index is 0.817. The Kier molecular flexibility index (Phi) is 2.07. The van der Waals surface area contributed by atoms with E-state index in [-0.39, 0.29) is 0 Å². The van der Waals surface area contributed by atoms with E-state index in [1.807, 2.05) is 16.8 Å². The van der Waals surface area contributed by atoms with Crippen LogP contribution in [-0.4, -0.2) is 35.9 Å². The largest absolute Gasteiger partial charge is 0.378 e. The normalized spacial score (nSPS) is 17.2. The molecule has 3 heterocycles. The Morgan fingerprint density at radius 3 is 2.87 bits per heavy atom. The Hall–Kier alpha value is -1.55. The molecule has 4 heteroatoms. The molecule has 0 atom stereocenters. The Balaban J connectivity index is 1.95. The second-order valence-electron chi connectivity index (χ2n) is 3.69. The lowest BCUT2D eigenvalue weighted by atomic mass is 10.3. The van der Waals surface area contributed by atoms with Crippen LogP contribution in [0.5, 0.6) is 0 Å². The first-order chi connectivity index (χ1) is 7.43. The number of fused-ring (bicyclic) bond motifs is 1. The summed E-state index contributed by atoms with van der Waals surface area (Å²) in [7, 11) is 0. The van der Waals surface area contributed by atoms with Crippen LogP contribution in [0.25, 0.3) is 5.52 Å². The molecule has 1 aliphatic heterocycles. The van der Waals surface area contributed by atoms with Gasteiger partial charge in [0.2, 0.25) is 0 Å². The maximum absolute atomic E-state index is 5.33. The van der Waals surface area contributed by atoms with E-state index in [0.717, 1.165) is 31.8 Å². The Morgan fingerprint density at radius 1 is 1.13 bits per heavy atom. The zero-order chi connectivity index (χ0) is 10.1. The van der Waals surface area contributed by atoms with Gasteiger partial charge < -0.3 is 9.64 Å². The standard InChI is InChI=1S/C11H13N3O/c1-2-11(13-5-7-15-8-6-13)9-14-10(1)3-4-12-14/h1-4,9H,5-8H2. The van der Waals surface area contributed by atoms with E-state index >= 15 is 0 Å². The van der Waals surface area contributed by atoms with Crippen molar-refractivity contribution in [3.63, 3.8) is 0 Å². The van der Waals surface area contributed by atoms with Gasteiger partial charge in [-0.25, -0.2) is 4.52 Å². The highest BCUT2D eigenvalue weighted by Gasteiger charge is 2.11. The Bertz CT molecular complexity index is 460. The van der Waals surface area contributed by atoms with Crippen molar-refractivity contribution >= 4 is 11.2 Å². The molecule has 2 aromatic rings. The van der Waals surface area contributed by atoms with Crippen LogP contribution in [0.2, 0.25) is 0 Å². The molecule has 1 aliphatic rings. The maximum Gasteiger partial charge on any atom is 0.0663 e. The fourth-order valence-corrected chi connectivity index (χ4v) is 1.91. The van der Waals surface area contributed by atoms with Gasteiger partial charge in [-0.2, -0.15) is 5.10 Å². The van der Waals surface area contributed by atoms with Gasteiger partial charge in [0.05, 0.1) is 30.6 Å². The summed E-state index contributed by atoms with van der Waals surface area (Å²) in [4.78, 5) is 2.32. The maximum atomic E-state index is 5.33. The molecule has 0 amide bonds. The summed E-state index contributed by atoms with van der Waals surface area (Å²) in [5, 5.41) is 4.23. The van der Waals surface area contributed by atoms with Gasteiger partial charge in [0.1, 0.15) is 0 Å². The molecule has 0 spiro atoms. The molecule has 0 saturated carbocycles.